The Kier molecular flexibility index (Phi) is 3.67. The Morgan fingerprint density at radius 3 is 2.50 bits per heavy atom. The van der Waals surface area contributed by atoms with Crippen LogP contribution in [0.1, 0.15) is 22.8 Å². The third-order valence-electron chi connectivity index (χ3n) is 4.37. The van der Waals surface area contributed by atoms with Gasteiger partial charge in [-0.2, -0.15) is 0 Å². The van der Waals surface area contributed by atoms with E-state index in [0.717, 1.165) is 22.6 Å². The average Bonchev–Trinajstić information content (AvgIpc) is 3.20. The van der Waals surface area contributed by atoms with Crippen molar-refractivity contribution in [1.29, 1.82) is 0 Å². The summed E-state index contributed by atoms with van der Waals surface area (Å²) < 4.78 is 5.42. The third kappa shape index (κ3) is 2.41. The fourth-order valence-electron chi connectivity index (χ4n) is 3.32. The number of furan rings is 1. The van der Waals surface area contributed by atoms with Crippen molar-refractivity contribution in [2.24, 2.45) is 0 Å². The fourth-order valence-corrected chi connectivity index (χ4v) is 3.32. The highest BCUT2D eigenvalue weighted by Gasteiger charge is 2.40. The van der Waals surface area contributed by atoms with Gasteiger partial charge in [0.2, 0.25) is 0 Å². The van der Waals surface area contributed by atoms with E-state index in [2.05, 4.69) is 0 Å². The molecule has 4 nitrogen and oxygen atoms in total. The van der Waals surface area contributed by atoms with Crippen molar-refractivity contribution >= 4 is 11.6 Å². The number of amides is 1. The van der Waals surface area contributed by atoms with Crippen molar-refractivity contribution in [1.82, 2.24) is 5.01 Å². The van der Waals surface area contributed by atoms with E-state index in [-0.39, 0.29) is 11.8 Å². The zero-order valence-electron chi connectivity index (χ0n) is 13.4. The second-order valence-corrected chi connectivity index (χ2v) is 5.95. The molecule has 1 aliphatic rings. The second kappa shape index (κ2) is 5.98. The molecule has 1 aromatic heterocycles. The standard InChI is InChI=1S/C20H18N2O2/c1-21(14-16-10-7-13-24-16)22-18-12-6-5-11-17(18)19(20(22)23)15-8-3-2-4-9-15/h2-13,19H,14H2,1H3/t19-/m0/s1. The van der Waals surface area contributed by atoms with Gasteiger partial charge in [0.05, 0.1) is 24.4 Å². The Morgan fingerprint density at radius 1 is 1.00 bits per heavy atom. The van der Waals surface area contributed by atoms with Crippen molar-refractivity contribution in [2.45, 2.75) is 12.5 Å². The van der Waals surface area contributed by atoms with Crippen LogP contribution in [0.4, 0.5) is 5.69 Å². The molecule has 0 spiro atoms. The van der Waals surface area contributed by atoms with Crippen LogP contribution in [0.3, 0.4) is 0 Å². The number of anilines is 1. The highest BCUT2D eigenvalue weighted by Crippen LogP contribution is 2.41. The Hall–Kier alpha value is -2.85. The first-order chi connectivity index (χ1) is 11.8. The van der Waals surface area contributed by atoms with Crippen LogP contribution >= 0.6 is 0 Å². The van der Waals surface area contributed by atoms with Gasteiger partial charge in [0.25, 0.3) is 5.91 Å². The minimum absolute atomic E-state index is 0.0662. The molecule has 0 radical (unpaired) electrons. The summed E-state index contributed by atoms with van der Waals surface area (Å²) in [7, 11) is 1.91. The molecule has 0 unspecified atom stereocenters. The van der Waals surface area contributed by atoms with Gasteiger partial charge in [0.15, 0.2) is 0 Å². The van der Waals surface area contributed by atoms with Crippen LogP contribution in [0.25, 0.3) is 0 Å². The lowest BCUT2D eigenvalue weighted by Crippen LogP contribution is -2.42. The number of nitrogens with zero attached hydrogens (tertiary/aromatic N) is 2. The third-order valence-corrected chi connectivity index (χ3v) is 4.37. The maximum Gasteiger partial charge on any atom is 0.253 e. The highest BCUT2D eigenvalue weighted by atomic mass is 16.3. The monoisotopic (exact) mass is 318 g/mol. The van der Waals surface area contributed by atoms with Crippen LogP contribution in [0.15, 0.2) is 77.4 Å². The normalized spacial score (nSPS) is 16.7. The summed E-state index contributed by atoms with van der Waals surface area (Å²) in [4.78, 5) is 13.2. The van der Waals surface area contributed by atoms with Gasteiger partial charge in [-0.25, -0.2) is 10.0 Å². The maximum absolute atomic E-state index is 13.2. The minimum Gasteiger partial charge on any atom is -0.468 e. The molecule has 3 aromatic rings. The predicted molar refractivity (Wildman–Crippen MR) is 92.4 cm³/mol. The highest BCUT2D eigenvalue weighted by molar-refractivity contribution is 6.06. The zero-order valence-corrected chi connectivity index (χ0v) is 13.4. The Labute approximate surface area is 140 Å². The molecule has 1 aliphatic heterocycles. The fraction of sp³-hybridized carbons (Fsp3) is 0.150. The number of hydrazine groups is 1. The molecule has 0 aliphatic carbocycles. The van der Waals surface area contributed by atoms with Gasteiger partial charge in [0, 0.05) is 7.05 Å². The number of rotatable bonds is 4. The van der Waals surface area contributed by atoms with Gasteiger partial charge in [-0.05, 0) is 29.3 Å². The summed E-state index contributed by atoms with van der Waals surface area (Å²) in [6, 6.07) is 21.7. The molecule has 0 saturated carbocycles. The maximum atomic E-state index is 13.2. The summed E-state index contributed by atoms with van der Waals surface area (Å²) in [5.41, 5.74) is 2.99. The van der Waals surface area contributed by atoms with E-state index in [4.69, 9.17) is 4.42 Å². The molecule has 0 N–H and O–H groups in total. The first kappa shape index (κ1) is 14.7. The number of fused-ring (bicyclic) bond motifs is 1. The minimum atomic E-state index is -0.263. The molecule has 1 amide bonds. The zero-order chi connectivity index (χ0) is 16.5. The average molecular weight is 318 g/mol. The Morgan fingerprint density at radius 2 is 1.75 bits per heavy atom. The summed E-state index contributed by atoms with van der Waals surface area (Å²) >= 11 is 0. The molecule has 4 rings (SSSR count). The molecule has 4 heteroatoms. The van der Waals surface area contributed by atoms with Crippen molar-refractivity contribution in [3.05, 3.63) is 89.9 Å². The number of carbonyl (C=O) groups excluding carboxylic acids is 1. The quantitative estimate of drug-likeness (QED) is 0.734. The van der Waals surface area contributed by atoms with Crippen molar-refractivity contribution in [2.75, 3.05) is 12.1 Å². The molecular weight excluding hydrogens is 300 g/mol. The van der Waals surface area contributed by atoms with Crippen LogP contribution in [0.2, 0.25) is 0 Å². The van der Waals surface area contributed by atoms with E-state index in [1.165, 1.54) is 0 Å². The molecule has 0 bridgehead atoms. The number of hydrogen-bond donors (Lipinski definition) is 0. The lowest BCUT2D eigenvalue weighted by atomic mass is 9.93. The van der Waals surface area contributed by atoms with Crippen LogP contribution in [0, 0.1) is 0 Å². The largest absolute Gasteiger partial charge is 0.468 e. The Bertz CT molecular complexity index is 843. The van der Waals surface area contributed by atoms with Crippen molar-refractivity contribution < 1.29 is 9.21 Å². The SMILES string of the molecule is CN(Cc1ccco1)N1C(=O)[C@@H](c2ccccc2)c2ccccc21. The topological polar surface area (TPSA) is 36.7 Å². The van der Waals surface area contributed by atoms with Crippen LogP contribution in [-0.4, -0.2) is 18.0 Å². The van der Waals surface area contributed by atoms with Crippen LogP contribution in [0.5, 0.6) is 0 Å². The summed E-state index contributed by atoms with van der Waals surface area (Å²) in [6.45, 7) is 0.536. The van der Waals surface area contributed by atoms with E-state index in [0.29, 0.717) is 6.54 Å². The lowest BCUT2D eigenvalue weighted by Gasteiger charge is -2.28. The van der Waals surface area contributed by atoms with Crippen molar-refractivity contribution in [3.8, 4) is 0 Å². The molecule has 2 heterocycles. The summed E-state index contributed by atoms with van der Waals surface area (Å²) in [6.07, 6.45) is 1.65. The van der Waals surface area contributed by atoms with E-state index in [1.807, 2.05) is 78.8 Å². The number of benzene rings is 2. The summed E-state index contributed by atoms with van der Waals surface area (Å²) in [5.74, 6) is 0.629. The molecular formula is C20H18N2O2. The number of para-hydroxylation sites is 1. The molecule has 0 saturated heterocycles. The predicted octanol–water partition coefficient (Wildman–Crippen LogP) is 3.81. The van der Waals surface area contributed by atoms with Crippen LogP contribution < -0.4 is 5.01 Å². The molecule has 2 aromatic carbocycles. The van der Waals surface area contributed by atoms with Gasteiger partial charge >= 0.3 is 0 Å². The van der Waals surface area contributed by atoms with Crippen molar-refractivity contribution in [3.63, 3.8) is 0 Å². The van der Waals surface area contributed by atoms with E-state index in [1.54, 1.807) is 11.3 Å². The van der Waals surface area contributed by atoms with E-state index in [9.17, 15) is 4.79 Å². The van der Waals surface area contributed by atoms with Gasteiger partial charge < -0.3 is 4.42 Å². The van der Waals surface area contributed by atoms with Crippen LogP contribution in [-0.2, 0) is 11.3 Å². The van der Waals surface area contributed by atoms with E-state index < -0.39 is 0 Å². The molecule has 120 valence electrons. The Balaban J connectivity index is 1.72. The van der Waals surface area contributed by atoms with Gasteiger partial charge in [-0.1, -0.05) is 48.5 Å². The number of hydrogen-bond acceptors (Lipinski definition) is 3. The second-order valence-electron chi connectivity index (χ2n) is 5.95. The molecule has 1 atom stereocenters. The van der Waals surface area contributed by atoms with Gasteiger partial charge in [-0.3, -0.25) is 4.79 Å². The van der Waals surface area contributed by atoms with Gasteiger partial charge in [-0.15, -0.1) is 0 Å². The smallest absolute Gasteiger partial charge is 0.253 e. The lowest BCUT2D eigenvalue weighted by molar-refractivity contribution is -0.121. The van der Waals surface area contributed by atoms with E-state index >= 15 is 0 Å². The first-order valence-corrected chi connectivity index (χ1v) is 7.97. The summed E-state index contributed by atoms with van der Waals surface area (Å²) in [5, 5.41) is 3.67. The number of carbonyl (C=O) groups is 1. The molecule has 24 heavy (non-hydrogen) atoms. The van der Waals surface area contributed by atoms with Gasteiger partial charge in [0.1, 0.15) is 5.76 Å². The molecule has 0 fully saturated rings. The first-order valence-electron chi connectivity index (χ1n) is 7.97.